The Kier molecular flexibility index (Phi) is 4.14. The molecule has 0 spiro atoms. The number of rotatable bonds is 4. The van der Waals surface area contributed by atoms with Crippen LogP contribution in [0.1, 0.15) is 34.1 Å². The maximum Gasteiger partial charge on any atom is 0.246 e. The molecule has 0 radical (unpaired) electrons. The molecule has 17 heavy (non-hydrogen) atoms. The number of carbonyl (C=O) groups excluding carboxylic acids is 2. The second-order valence-electron chi connectivity index (χ2n) is 4.99. The summed E-state index contributed by atoms with van der Waals surface area (Å²) in [7, 11) is 1.60. The molecule has 1 aliphatic rings. The maximum atomic E-state index is 12.2. The van der Waals surface area contributed by atoms with E-state index in [1.54, 1.807) is 25.9 Å². The highest BCUT2D eigenvalue weighted by Gasteiger charge is 2.45. The Hall–Kier alpha value is -1.10. The number of hydrogen-bond donors (Lipinski definition) is 1. The van der Waals surface area contributed by atoms with E-state index in [2.05, 4.69) is 5.32 Å². The zero-order chi connectivity index (χ0) is 13.2. The van der Waals surface area contributed by atoms with E-state index >= 15 is 0 Å². The van der Waals surface area contributed by atoms with E-state index in [0.717, 1.165) is 0 Å². The lowest BCUT2D eigenvalue weighted by Gasteiger charge is -2.44. The Morgan fingerprint density at radius 2 is 2.06 bits per heavy atom. The average molecular weight is 242 g/mol. The van der Waals surface area contributed by atoms with Crippen molar-refractivity contribution in [2.75, 3.05) is 13.7 Å². The third-order valence-corrected chi connectivity index (χ3v) is 3.35. The van der Waals surface area contributed by atoms with Gasteiger partial charge in [0, 0.05) is 13.7 Å². The molecule has 1 rings (SSSR count). The van der Waals surface area contributed by atoms with Crippen LogP contribution in [0.25, 0.3) is 0 Å². The fraction of sp³-hybridized carbons (Fsp3) is 0.833. The molecule has 2 atom stereocenters. The van der Waals surface area contributed by atoms with Gasteiger partial charge in [-0.15, -0.1) is 0 Å². The number of ether oxygens (including phenoxy) is 1. The van der Waals surface area contributed by atoms with Crippen LogP contribution in [0, 0.1) is 0 Å². The van der Waals surface area contributed by atoms with Gasteiger partial charge in [0.15, 0.2) is 0 Å². The molecule has 1 heterocycles. The number of nitrogens with zero attached hydrogens (tertiary/aromatic N) is 1. The molecule has 1 saturated heterocycles. The van der Waals surface area contributed by atoms with Crippen molar-refractivity contribution in [1.82, 2.24) is 10.2 Å². The molecule has 1 fully saturated rings. The summed E-state index contributed by atoms with van der Waals surface area (Å²) in [5.74, 6) is -0.131. The van der Waals surface area contributed by atoms with Crippen LogP contribution >= 0.6 is 0 Å². The lowest BCUT2D eigenvalue weighted by molar-refractivity contribution is -0.157. The smallest absolute Gasteiger partial charge is 0.246 e. The molecule has 0 aromatic rings. The molecule has 5 nitrogen and oxygen atoms in total. The summed E-state index contributed by atoms with van der Waals surface area (Å²) < 4.78 is 5.17. The van der Waals surface area contributed by atoms with E-state index in [1.807, 2.05) is 13.8 Å². The van der Waals surface area contributed by atoms with E-state index in [4.69, 9.17) is 4.74 Å². The fourth-order valence-corrected chi connectivity index (χ4v) is 1.91. The first-order valence-electron chi connectivity index (χ1n) is 5.99. The molecule has 1 aliphatic heterocycles. The van der Waals surface area contributed by atoms with E-state index in [1.165, 1.54) is 0 Å². The normalized spacial score (nSPS) is 25.7. The predicted octanol–water partition coefficient (Wildman–Crippen LogP) is 0.537. The van der Waals surface area contributed by atoms with Gasteiger partial charge in [0.1, 0.15) is 11.6 Å². The van der Waals surface area contributed by atoms with Gasteiger partial charge in [-0.3, -0.25) is 9.59 Å². The first-order valence-corrected chi connectivity index (χ1v) is 5.99. The molecule has 0 saturated carbocycles. The first-order chi connectivity index (χ1) is 7.84. The summed E-state index contributed by atoms with van der Waals surface area (Å²) in [6, 6.07) is -0.403. The SMILES string of the molecule is CCC1NC(=O)C(C)(C)N(CC(C)OC)C1=O. The number of methoxy groups -OCH3 is 1. The highest BCUT2D eigenvalue weighted by Crippen LogP contribution is 2.22. The minimum Gasteiger partial charge on any atom is -0.380 e. The Labute approximate surface area is 102 Å². The van der Waals surface area contributed by atoms with Gasteiger partial charge in [0.25, 0.3) is 0 Å². The van der Waals surface area contributed by atoms with Gasteiger partial charge in [0.2, 0.25) is 11.8 Å². The van der Waals surface area contributed by atoms with Gasteiger partial charge in [-0.1, -0.05) is 6.92 Å². The molecule has 0 aromatic heterocycles. The Morgan fingerprint density at radius 1 is 1.47 bits per heavy atom. The highest BCUT2D eigenvalue weighted by molar-refractivity contribution is 5.99. The van der Waals surface area contributed by atoms with E-state index in [0.29, 0.717) is 13.0 Å². The zero-order valence-electron chi connectivity index (χ0n) is 11.2. The van der Waals surface area contributed by atoms with Crippen molar-refractivity contribution in [3.05, 3.63) is 0 Å². The largest absolute Gasteiger partial charge is 0.380 e. The second-order valence-corrected chi connectivity index (χ2v) is 4.99. The van der Waals surface area contributed by atoms with Crippen LogP contribution in [0.5, 0.6) is 0 Å². The summed E-state index contributed by atoms with van der Waals surface area (Å²) >= 11 is 0. The quantitative estimate of drug-likeness (QED) is 0.782. The second kappa shape index (κ2) is 5.04. The molecule has 98 valence electrons. The van der Waals surface area contributed by atoms with Gasteiger partial charge in [-0.05, 0) is 27.2 Å². The lowest BCUT2D eigenvalue weighted by Crippen LogP contribution is -2.69. The van der Waals surface area contributed by atoms with Crippen molar-refractivity contribution in [3.63, 3.8) is 0 Å². The third kappa shape index (κ3) is 2.60. The van der Waals surface area contributed by atoms with Gasteiger partial charge in [-0.25, -0.2) is 0 Å². The highest BCUT2D eigenvalue weighted by atomic mass is 16.5. The summed E-state index contributed by atoms with van der Waals surface area (Å²) in [5, 5.41) is 2.76. The van der Waals surface area contributed by atoms with Crippen LogP contribution in [0.15, 0.2) is 0 Å². The van der Waals surface area contributed by atoms with E-state index in [-0.39, 0.29) is 17.9 Å². The van der Waals surface area contributed by atoms with Crippen molar-refractivity contribution in [3.8, 4) is 0 Å². The minimum atomic E-state index is -0.810. The molecule has 5 heteroatoms. The third-order valence-electron chi connectivity index (χ3n) is 3.35. The van der Waals surface area contributed by atoms with Crippen molar-refractivity contribution >= 4 is 11.8 Å². The number of amides is 2. The van der Waals surface area contributed by atoms with E-state index < -0.39 is 11.6 Å². The zero-order valence-corrected chi connectivity index (χ0v) is 11.2. The van der Waals surface area contributed by atoms with Crippen molar-refractivity contribution < 1.29 is 14.3 Å². The van der Waals surface area contributed by atoms with Crippen LogP contribution in [0.2, 0.25) is 0 Å². The maximum absolute atomic E-state index is 12.2. The molecule has 1 N–H and O–H groups in total. The van der Waals surface area contributed by atoms with Crippen molar-refractivity contribution in [1.29, 1.82) is 0 Å². The van der Waals surface area contributed by atoms with Crippen molar-refractivity contribution in [2.24, 2.45) is 0 Å². The Morgan fingerprint density at radius 3 is 2.53 bits per heavy atom. The summed E-state index contributed by atoms with van der Waals surface area (Å²) in [4.78, 5) is 25.8. The van der Waals surface area contributed by atoms with Gasteiger partial charge in [-0.2, -0.15) is 0 Å². The van der Waals surface area contributed by atoms with Gasteiger partial charge >= 0.3 is 0 Å². The lowest BCUT2D eigenvalue weighted by atomic mass is 9.94. The standard InChI is InChI=1S/C12H22N2O3/c1-6-9-10(15)14(7-8(2)17-5)12(3,4)11(16)13-9/h8-9H,6-7H2,1-5H3,(H,13,16). The molecule has 2 amide bonds. The van der Waals surface area contributed by atoms with Crippen LogP contribution in [-0.4, -0.2) is 48.1 Å². The van der Waals surface area contributed by atoms with Crippen LogP contribution in [0.3, 0.4) is 0 Å². The first kappa shape index (κ1) is 14.0. The predicted molar refractivity (Wildman–Crippen MR) is 64.5 cm³/mol. The number of carbonyl (C=O) groups is 2. The number of piperazine rings is 1. The molecule has 0 bridgehead atoms. The summed E-state index contributed by atoms with van der Waals surface area (Å²) in [6.07, 6.45) is 0.528. The minimum absolute atomic E-state index is 0.0269. The van der Waals surface area contributed by atoms with Crippen LogP contribution < -0.4 is 5.32 Å². The summed E-state index contributed by atoms with van der Waals surface area (Å²) in [5.41, 5.74) is -0.810. The monoisotopic (exact) mass is 242 g/mol. The number of nitrogens with one attached hydrogen (secondary N) is 1. The topological polar surface area (TPSA) is 58.6 Å². The molecule has 0 aromatic carbocycles. The fourth-order valence-electron chi connectivity index (χ4n) is 1.91. The number of hydrogen-bond acceptors (Lipinski definition) is 3. The molecular weight excluding hydrogens is 220 g/mol. The summed E-state index contributed by atoms with van der Waals surface area (Å²) in [6.45, 7) is 7.73. The van der Waals surface area contributed by atoms with Gasteiger partial charge in [0.05, 0.1) is 6.10 Å². The Bertz CT molecular complexity index is 315. The Balaban J connectivity index is 2.93. The van der Waals surface area contributed by atoms with Gasteiger partial charge < -0.3 is 15.0 Å². The van der Waals surface area contributed by atoms with Crippen LogP contribution in [0.4, 0.5) is 0 Å². The van der Waals surface area contributed by atoms with Crippen LogP contribution in [-0.2, 0) is 14.3 Å². The van der Waals surface area contributed by atoms with E-state index in [9.17, 15) is 9.59 Å². The molecule has 2 unspecified atom stereocenters. The molecular formula is C12H22N2O3. The van der Waals surface area contributed by atoms with Crippen molar-refractivity contribution in [2.45, 2.75) is 51.8 Å². The molecule has 0 aliphatic carbocycles. The average Bonchev–Trinajstić information content (AvgIpc) is 2.29.